The smallest absolute Gasteiger partial charge is 0.242 e. The second-order valence-corrected chi connectivity index (χ2v) is 11.1. The Balaban J connectivity index is 1.43. The van der Waals surface area contributed by atoms with Gasteiger partial charge in [-0.15, -0.1) is 0 Å². The van der Waals surface area contributed by atoms with Gasteiger partial charge in [-0.05, 0) is 36.1 Å². The zero-order valence-corrected chi connectivity index (χ0v) is 20.7. The van der Waals surface area contributed by atoms with Crippen molar-refractivity contribution in [2.24, 2.45) is 5.92 Å². The van der Waals surface area contributed by atoms with Crippen LogP contribution in [0, 0.1) is 5.92 Å². The van der Waals surface area contributed by atoms with Gasteiger partial charge in [-0.1, -0.05) is 79.2 Å². The van der Waals surface area contributed by atoms with Crippen molar-refractivity contribution in [3.8, 4) is 0 Å². The fraction of sp³-hybridized carbons (Fsp3) is 0.286. The lowest BCUT2D eigenvalue weighted by molar-refractivity contribution is -0.123. The molecule has 3 aromatic carbocycles. The first kappa shape index (κ1) is 24.2. The minimum Gasteiger partial charge on any atom is -0.306 e. The summed E-state index contributed by atoms with van der Waals surface area (Å²) >= 11 is 0. The Morgan fingerprint density at radius 3 is 2.14 bits per heavy atom. The van der Waals surface area contributed by atoms with Gasteiger partial charge in [0.25, 0.3) is 0 Å². The average molecular weight is 504 g/mol. The molecule has 1 fully saturated rings. The maximum Gasteiger partial charge on any atom is 0.242 e. The first-order valence-electron chi connectivity index (χ1n) is 12.2. The predicted molar refractivity (Wildman–Crippen MR) is 140 cm³/mol. The normalized spacial score (nSPS) is 19.5. The van der Waals surface area contributed by atoms with E-state index in [2.05, 4.69) is 4.72 Å². The summed E-state index contributed by atoms with van der Waals surface area (Å²) in [4.78, 5) is 30.8. The molecule has 8 heteroatoms. The van der Waals surface area contributed by atoms with Gasteiger partial charge < -0.3 is 9.80 Å². The summed E-state index contributed by atoms with van der Waals surface area (Å²) < 4.78 is 27.9. The molecule has 3 aromatic rings. The fourth-order valence-electron chi connectivity index (χ4n) is 5.28. The van der Waals surface area contributed by atoms with Gasteiger partial charge in [-0.2, -0.15) is 0 Å². The van der Waals surface area contributed by atoms with Crippen molar-refractivity contribution in [3.63, 3.8) is 0 Å². The van der Waals surface area contributed by atoms with Gasteiger partial charge in [0.15, 0.2) is 0 Å². The number of fused-ring (bicyclic) bond motifs is 2. The highest BCUT2D eigenvalue weighted by atomic mass is 32.2. The van der Waals surface area contributed by atoms with Crippen LogP contribution < -0.4 is 14.5 Å². The molecule has 2 aliphatic rings. The molecule has 2 atom stereocenters. The van der Waals surface area contributed by atoms with E-state index in [9.17, 15) is 18.0 Å². The fourth-order valence-corrected chi connectivity index (χ4v) is 6.36. The van der Waals surface area contributed by atoms with E-state index in [-0.39, 0.29) is 36.1 Å². The van der Waals surface area contributed by atoms with E-state index >= 15 is 0 Å². The van der Waals surface area contributed by atoms with Crippen LogP contribution in [0.25, 0.3) is 0 Å². The van der Waals surface area contributed by atoms with Crippen molar-refractivity contribution in [1.29, 1.82) is 0 Å². The zero-order chi connectivity index (χ0) is 25.1. The number of nitrogens with one attached hydrogen (secondary N) is 1. The molecule has 5 rings (SSSR count). The third-order valence-corrected chi connectivity index (χ3v) is 8.22. The van der Waals surface area contributed by atoms with Gasteiger partial charge in [0, 0.05) is 6.04 Å². The van der Waals surface area contributed by atoms with Crippen LogP contribution in [0.3, 0.4) is 0 Å². The molecular formula is C28H29N3O4S. The largest absolute Gasteiger partial charge is 0.306 e. The second kappa shape index (κ2) is 10.2. The first-order chi connectivity index (χ1) is 17.4. The number of anilines is 2. The topological polar surface area (TPSA) is 86.8 Å². The number of hydrogen-bond acceptors (Lipinski definition) is 4. The van der Waals surface area contributed by atoms with Gasteiger partial charge in [0.05, 0.1) is 36.1 Å². The van der Waals surface area contributed by atoms with Gasteiger partial charge >= 0.3 is 0 Å². The van der Waals surface area contributed by atoms with Crippen LogP contribution in [0.4, 0.5) is 11.4 Å². The highest BCUT2D eigenvalue weighted by Crippen LogP contribution is 2.43. The van der Waals surface area contributed by atoms with Gasteiger partial charge in [0.1, 0.15) is 0 Å². The average Bonchev–Trinajstić information content (AvgIpc) is 3.34. The van der Waals surface area contributed by atoms with E-state index in [4.69, 9.17) is 0 Å². The summed E-state index contributed by atoms with van der Waals surface area (Å²) in [5.41, 5.74) is 2.96. The van der Waals surface area contributed by atoms with Crippen LogP contribution in [-0.4, -0.2) is 32.8 Å². The summed E-state index contributed by atoms with van der Waals surface area (Å²) in [5, 5.41) is 0. The van der Waals surface area contributed by atoms with Crippen LogP contribution in [0.5, 0.6) is 0 Å². The van der Waals surface area contributed by atoms with E-state index < -0.39 is 10.0 Å². The molecule has 7 nitrogen and oxygen atoms in total. The van der Waals surface area contributed by atoms with Crippen molar-refractivity contribution >= 4 is 33.2 Å². The van der Waals surface area contributed by atoms with Crippen LogP contribution in [-0.2, 0) is 31.9 Å². The molecule has 2 amide bonds. The third-order valence-electron chi connectivity index (χ3n) is 6.92. The number of nitrogens with zero attached hydrogens (tertiary/aromatic N) is 2. The van der Waals surface area contributed by atoms with Crippen LogP contribution in [0.2, 0.25) is 0 Å². The molecule has 0 radical (unpaired) electrons. The summed E-state index contributed by atoms with van der Waals surface area (Å²) in [7, 11) is -3.71. The van der Waals surface area contributed by atoms with E-state index in [0.717, 1.165) is 12.0 Å². The monoisotopic (exact) mass is 503 g/mol. The Morgan fingerprint density at radius 1 is 0.833 bits per heavy atom. The highest BCUT2D eigenvalue weighted by molar-refractivity contribution is 7.88. The Kier molecular flexibility index (Phi) is 6.89. The maximum absolute atomic E-state index is 13.8. The zero-order valence-electron chi connectivity index (χ0n) is 19.9. The van der Waals surface area contributed by atoms with Crippen LogP contribution in [0.1, 0.15) is 30.4 Å². The van der Waals surface area contributed by atoms with Crippen molar-refractivity contribution in [2.75, 3.05) is 16.3 Å². The molecule has 1 aliphatic heterocycles. The lowest BCUT2D eigenvalue weighted by atomic mass is 10.0. The molecule has 0 unspecified atom stereocenters. The van der Waals surface area contributed by atoms with Gasteiger partial charge in [-0.3, -0.25) is 9.59 Å². The molecule has 0 bridgehead atoms. The number of carbonyl (C=O) groups is 2. The molecule has 1 heterocycles. The predicted octanol–water partition coefficient (Wildman–Crippen LogP) is 3.85. The molecule has 1 aliphatic carbocycles. The molecule has 36 heavy (non-hydrogen) atoms. The van der Waals surface area contributed by atoms with Gasteiger partial charge in [-0.25, -0.2) is 13.1 Å². The highest BCUT2D eigenvalue weighted by Gasteiger charge is 2.45. The minimum absolute atomic E-state index is 0.00811. The third kappa shape index (κ3) is 5.05. The number of carbonyl (C=O) groups excluding carboxylic acids is 2. The number of para-hydroxylation sites is 2. The quantitative estimate of drug-likeness (QED) is 0.531. The van der Waals surface area contributed by atoms with Gasteiger partial charge in [0.2, 0.25) is 21.8 Å². The molecule has 1 saturated carbocycles. The number of hydrogen-bond donors (Lipinski definition) is 1. The Labute approximate surface area is 211 Å². The van der Waals surface area contributed by atoms with Crippen molar-refractivity contribution < 1.29 is 18.0 Å². The lowest BCUT2D eigenvalue weighted by Gasteiger charge is -2.30. The number of sulfonamides is 1. The SMILES string of the molecule is O=C1[C@H]2CCC[C@H]2N(C(=O)CNS(=O)(=O)Cc2ccccc2)c2ccccc2N1Cc1ccccc1. The standard InChI is InChI=1S/C28H29N3O4S/c32-27(18-29-36(34,35)20-22-12-5-2-6-13-22)31-24-17-9-14-23(24)28(33)30(19-21-10-3-1-4-11-21)25-15-7-8-16-26(25)31/h1-8,10-13,15-16,23-24,29H,9,14,17-20H2/t23-,24+/m0/s1. The number of rotatable bonds is 7. The summed E-state index contributed by atoms with van der Waals surface area (Å²) in [6.45, 7) is 0.0469. The molecule has 0 aromatic heterocycles. The molecule has 0 saturated heterocycles. The molecule has 186 valence electrons. The van der Waals surface area contributed by atoms with E-state index in [1.807, 2.05) is 60.7 Å². The van der Waals surface area contributed by atoms with Crippen LogP contribution in [0.15, 0.2) is 84.9 Å². The van der Waals surface area contributed by atoms with E-state index in [1.54, 1.807) is 34.1 Å². The van der Waals surface area contributed by atoms with Crippen molar-refractivity contribution in [1.82, 2.24) is 4.72 Å². The Morgan fingerprint density at radius 2 is 1.44 bits per heavy atom. The molecular weight excluding hydrogens is 474 g/mol. The second-order valence-electron chi connectivity index (χ2n) is 9.33. The maximum atomic E-state index is 13.8. The van der Waals surface area contributed by atoms with E-state index in [0.29, 0.717) is 36.3 Å². The molecule has 0 spiro atoms. The Bertz CT molecular complexity index is 1350. The minimum atomic E-state index is -3.71. The summed E-state index contributed by atoms with van der Waals surface area (Å²) in [5.74, 6) is -0.877. The van der Waals surface area contributed by atoms with Crippen molar-refractivity contribution in [2.45, 2.75) is 37.6 Å². The first-order valence-corrected chi connectivity index (χ1v) is 13.9. The lowest BCUT2D eigenvalue weighted by Crippen LogP contribution is -2.48. The van der Waals surface area contributed by atoms with Crippen molar-refractivity contribution in [3.05, 3.63) is 96.1 Å². The molecule has 1 N–H and O–H groups in total. The summed E-state index contributed by atoms with van der Waals surface area (Å²) in [6.07, 6.45) is 2.24. The van der Waals surface area contributed by atoms with E-state index in [1.165, 1.54) is 0 Å². The summed E-state index contributed by atoms with van der Waals surface area (Å²) in [6, 6.07) is 25.8. The van der Waals surface area contributed by atoms with Crippen LogP contribution >= 0.6 is 0 Å². The Hall–Kier alpha value is -3.49. The number of amides is 2. The number of benzene rings is 3.